The zero-order valence-corrected chi connectivity index (χ0v) is 22.5. The van der Waals surface area contributed by atoms with Crippen LogP contribution in [0.4, 0.5) is 10.1 Å². The number of amides is 2. The van der Waals surface area contributed by atoms with Crippen molar-refractivity contribution in [2.75, 3.05) is 23.7 Å². The fraction of sp³-hybridized carbons (Fsp3) is 0.481. The van der Waals surface area contributed by atoms with Crippen LogP contribution in [-0.4, -0.2) is 56.6 Å². The maximum atomic E-state index is 13.7. The number of halogens is 1. The van der Waals surface area contributed by atoms with Gasteiger partial charge in [-0.2, -0.15) is 0 Å². The summed E-state index contributed by atoms with van der Waals surface area (Å²) in [7, 11) is -3.83. The third kappa shape index (κ3) is 7.92. The fourth-order valence-corrected chi connectivity index (χ4v) is 5.41. The monoisotopic (exact) mass is 533 g/mol. The number of hydrogen-bond acceptors (Lipinski definition) is 5. The van der Waals surface area contributed by atoms with Gasteiger partial charge >= 0.3 is 0 Å². The van der Waals surface area contributed by atoms with Gasteiger partial charge in [0.2, 0.25) is 21.8 Å². The van der Waals surface area contributed by atoms with Gasteiger partial charge in [-0.3, -0.25) is 13.9 Å². The Morgan fingerprint density at radius 2 is 1.68 bits per heavy atom. The molecule has 202 valence electrons. The largest absolute Gasteiger partial charge is 0.494 e. The van der Waals surface area contributed by atoms with Crippen molar-refractivity contribution in [3.63, 3.8) is 0 Å². The molecule has 1 aliphatic rings. The van der Waals surface area contributed by atoms with Crippen LogP contribution in [0.3, 0.4) is 0 Å². The van der Waals surface area contributed by atoms with Crippen molar-refractivity contribution in [3.05, 3.63) is 59.9 Å². The molecule has 0 aliphatic heterocycles. The van der Waals surface area contributed by atoms with E-state index in [1.807, 2.05) is 13.8 Å². The lowest BCUT2D eigenvalue weighted by Gasteiger charge is -2.33. The number of carbonyl (C=O) groups is 2. The molecule has 1 fully saturated rings. The lowest BCUT2D eigenvalue weighted by Crippen LogP contribution is -2.53. The van der Waals surface area contributed by atoms with E-state index < -0.39 is 34.3 Å². The minimum atomic E-state index is -3.83. The van der Waals surface area contributed by atoms with Crippen LogP contribution in [0.25, 0.3) is 0 Å². The third-order valence-corrected chi connectivity index (χ3v) is 7.61. The average molecular weight is 534 g/mol. The summed E-state index contributed by atoms with van der Waals surface area (Å²) in [6, 6.07) is 11.4. The molecule has 0 heterocycles. The lowest BCUT2D eigenvalue weighted by molar-refractivity contribution is -0.140. The van der Waals surface area contributed by atoms with Gasteiger partial charge in [0.25, 0.3) is 0 Å². The quantitative estimate of drug-likeness (QED) is 0.447. The van der Waals surface area contributed by atoms with Crippen LogP contribution >= 0.6 is 0 Å². The Kier molecular flexibility index (Phi) is 9.91. The number of anilines is 1. The van der Waals surface area contributed by atoms with E-state index in [9.17, 15) is 22.4 Å². The van der Waals surface area contributed by atoms with Gasteiger partial charge in [0.1, 0.15) is 24.2 Å². The SMILES string of the molecule is CCOc1ccc(N(CC(=O)N(Cc2ccc(F)cc2)[C@@H](CC)C(=O)NC2CCCC2)S(C)(=O)=O)cc1. The van der Waals surface area contributed by atoms with Crippen molar-refractivity contribution in [1.82, 2.24) is 10.2 Å². The van der Waals surface area contributed by atoms with Crippen LogP contribution in [-0.2, 0) is 26.2 Å². The molecular formula is C27H36FN3O5S. The first-order chi connectivity index (χ1) is 17.6. The number of ether oxygens (including phenoxy) is 1. The number of nitrogens with zero attached hydrogens (tertiary/aromatic N) is 2. The van der Waals surface area contributed by atoms with Gasteiger partial charge in [0.05, 0.1) is 18.6 Å². The summed E-state index contributed by atoms with van der Waals surface area (Å²) in [5.41, 5.74) is 0.943. The van der Waals surface area contributed by atoms with Crippen molar-refractivity contribution >= 4 is 27.5 Å². The van der Waals surface area contributed by atoms with Crippen molar-refractivity contribution in [1.29, 1.82) is 0 Å². The van der Waals surface area contributed by atoms with E-state index in [1.165, 1.54) is 17.0 Å². The number of benzene rings is 2. The van der Waals surface area contributed by atoms with E-state index >= 15 is 0 Å². The first-order valence-electron chi connectivity index (χ1n) is 12.7. The van der Waals surface area contributed by atoms with Gasteiger partial charge in [-0.25, -0.2) is 12.8 Å². The van der Waals surface area contributed by atoms with E-state index in [-0.39, 0.29) is 18.5 Å². The Morgan fingerprint density at radius 1 is 1.05 bits per heavy atom. The summed E-state index contributed by atoms with van der Waals surface area (Å²) in [5, 5.41) is 3.05. The third-order valence-electron chi connectivity index (χ3n) is 6.47. The predicted octanol–water partition coefficient (Wildman–Crippen LogP) is 3.86. The Labute approximate surface area is 218 Å². The van der Waals surface area contributed by atoms with Crippen LogP contribution in [0.15, 0.2) is 48.5 Å². The van der Waals surface area contributed by atoms with Crippen molar-refractivity contribution < 1.29 is 27.1 Å². The maximum Gasteiger partial charge on any atom is 0.244 e. The van der Waals surface area contributed by atoms with Gasteiger partial charge in [-0.1, -0.05) is 31.9 Å². The van der Waals surface area contributed by atoms with E-state index in [2.05, 4.69) is 5.32 Å². The molecule has 0 saturated heterocycles. The topological polar surface area (TPSA) is 96.0 Å². The van der Waals surface area contributed by atoms with Crippen molar-refractivity contribution in [2.24, 2.45) is 0 Å². The first kappa shape index (κ1) is 28.4. The highest BCUT2D eigenvalue weighted by Crippen LogP contribution is 2.23. The molecule has 8 nitrogen and oxygen atoms in total. The standard InChI is InChI=1S/C27H36FN3O5S/c1-4-25(27(33)29-22-8-6-7-9-22)30(18-20-10-12-21(28)13-11-20)26(32)19-31(37(3,34)35)23-14-16-24(17-15-23)36-5-2/h10-17,22,25H,4-9,18-19H2,1-3H3,(H,29,33)/t25-/m0/s1. The average Bonchev–Trinajstić information content (AvgIpc) is 3.36. The van der Waals surface area contributed by atoms with Crippen LogP contribution in [0.5, 0.6) is 5.75 Å². The Bertz CT molecular complexity index is 1150. The molecular weight excluding hydrogens is 497 g/mol. The normalized spacial score (nSPS) is 14.7. The molecule has 2 aromatic carbocycles. The molecule has 3 rings (SSSR count). The molecule has 1 atom stereocenters. The summed E-state index contributed by atoms with van der Waals surface area (Å²) in [5.74, 6) is -0.626. The predicted molar refractivity (Wildman–Crippen MR) is 141 cm³/mol. The molecule has 1 aliphatic carbocycles. The molecule has 2 aromatic rings. The summed E-state index contributed by atoms with van der Waals surface area (Å²) >= 11 is 0. The number of rotatable bonds is 12. The van der Waals surface area contributed by atoms with Gasteiger partial charge in [0, 0.05) is 12.6 Å². The Morgan fingerprint density at radius 3 is 2.22 bits per heavy atom. The number of hydrogen-bond donors (Lipinski definition) is 1. The summed E-state index contributed by atoms with van der Waals surface area (Å²) in [6.45, 7) is 3.67. The number of nitrogens with one attached hydrogen (secondary N) is 1. The van der Waals surface area contributed by atoms with E-state index in [1.54, 1.807) is 36.4 Å². The van der Waals surface area contributed by atoms with Gasteiger partial charge < -0.3 is 15.0 Å². The van der Waals surface area contributed by atoms with E-state index in [4.69, 9.17) is 4.74 Å². The van der Waals surface area contributed by atoms with E-state index in [0.29, 0.717) is 30.0 Å². The molecule has 2 amide bonds. The zero-order valence-electron chi connectivity index (χ0n) is 21.7. The summed E-state index contributed by atoms with van der Waals surface area (Å²) in [6.07, 6.45) is 5.26. The van der Waals surface area contributed by atoms with E-state index in [0.717, 1.165) is 36.2 Å². The van der Waals surface area contributed by atoms with Gasteiger partial charge in [-0.15, -0.1) is 0 Å². The molecule has 0 unspecified atom stereocenters. The lowest BCUT2D eigenvalue weighted by atomic mass is 10.1. The molecule has 0 spiro atoms. The molecule has 0 bridgehead atoms. The second-order valence-corrected chi connectivity index (χ2v) is 11.2. The Balaban J connectivity index is 1.89. The molecule has 10 heteroatoms. The smallest absolute Gasteiger partial charge is 0.244 e. The molecule has 37 heavy (non-hydrogen) atoms. The van der Waals surface area contributed by atoms with Crippen LogP contribution in [0.1, 0.15) is 51.5 Å². The van der Waals surface area contributed by atoms with Crippen molar-refractivity contribution in [2.45, 2.75) is 64.6 Å². The minimum absolute atomic E-state index is 0.0383. The fourth-order valence-electron chi connectivity index (χ4n) is 4.56. The van der Waals surface area contributed by atoms with Gasteiger partial charge in [0.15, 0.2) is 0 Å². The first-order valence-corrected chi connectivity index (χ1v) is 14.5. The highest BCUT2D eigenvalue weighted by Gasteiger charge is 2.33. The highest BCUT2D eigenvalue weighted by molar-refractivity contribution is 7.92. The summed E-state index contributed by atoms with van der Waals surface area (Å²) < 4.78 is 45.4. The highest BCUT2D eigenvalue weighted by atomic mass is 32.2. The molecule has 1 N–H and O–H groups in total. The van der Waals surface area contributed by atoms with Crippen molar-refractivity contribution in [3.8, 4) is 5.75 Å². The van der Waals surface area contributed by atoms with Crippen LogP contribution in [0, 0.1) is 5.82 Å². The Hall–Kier alpha value is -3.14. The molecule has 0 radical (unpaired) electrons. The van der Waals surface area contributed by atoms with Crippen LogP contribution in [0.2, 0.25) is 0 Å². The molecule has 0 aromatic heterocycles. The molecule has 1 saturated carbocycles. The number of sulfonamides is 1. The zero-order chi connectivity index (χ0) is 27.0. The minimum Gasteiger partial charge on any atom is -0.494 e. The van der Waals surface area contributed by atoms with Gasteiger partial charge in [-0.05, 0) is 68.1 Å². The number of carbonyl (C=O) groups excluding carboxylic acids is 2. The summed E-state index contributed by atoms with van der Waals surface area (Å²) in [4.78, 5) is 28.4. The second-order valence-electron chi connectivity index (χ2n) is 9.26. The van der Waals surface area contributed by atoms with Crippen LogP contribution < -0.4 is 14.4 Å². The maximum absolute atomic E-state index is 13.7. The second kappa shape index (κ2) is 12.9.